The first kappa shape index (κ1) is 13.4. The molecule has 0 saturated carbocycles. The molecule has 2 aromatic rings. The third-order valence-corrected chi connectivity index (χ3v) is 2.84. The first-order valence-corrected chi connectivity index (χ1v) is 6.18. The van der Waals surface area contributed by atoms with Crippen molar-refractivity contribution in [3.05, 3.63) is 47.1 Å². The number of carbonyl (C=O) groups excluding carboxylic acids is 1. The second-order valence-corrected chi connectivity index (χ2v) is 4.73. The maximum Gasteiger partial charge on any atom is 0.323 e. The van der Waals surface area contributed by atoms with Crippen molar-refractivity contribution in [2.24, 2.45) is 7.05 Å². The highest BCUT2D eigenvalue weighted by molar-refractivity contribution is 6.30. The van der Waals surface area contributed by atoms with Crippen LogP contribution in [0.4, 0.5) is 10.6 Å². The SMILES string of the molecule is CN(Cc1cccc(Cl)c1)C(=O)Nc1ccn(C)n1. The Morgan fingerprint density at radius 2 is 2.26 bits per heavy atom. The van der Waals surface area contributed by atoms with Gasteiger partial charge in [0.15, 0.2) is 5.82 Å². The fraction of sp³-hybridized carbons (Fsp3) is 0.231. The van der Waals surface area contributed by atoms with Gasteiger partial charge in [0, 0.05) is 37.9 Å². The fourth-order valence-corrected chi connectivity index (χ4v) is 1.88. The van der Waals surface area contributed by atoms with E-state index in [1.54, 1.807) is 42.0 Å². The quantitative estimate of drug-likeness (QED) is 0.938. The van der Waals surface area contributed by atoms with Gasteiger partial charge >= 0.3 is 6.03 Å². The lowest BCUT2D eigenvalue weighted by atomic mass is 10.2. The number of amides is 2. The zero-order chi connectivity index (χ0) is 13.8. The van der Waals surface area contributed by atoms with Gasteiger partial charge in [0.05, 0.1) is 0 Å². The number of urea groups is 1. The van der Waals surface area contributed by atoms with Crippen molar-refractivity contribution in [1.29, 1.82) is 0 Å². The Morgan fingerprint density at radius 1 is 1.47 bits per heavy atom. The summed E-state index contributed by atoms with van der Waals surface area (Å²) < 4.78 is 1.63. The second-order valence-electron chi connectivity index (χ2n) is 4.29. The standard InChI is InChI=1S/C13H15ClN4O/c1-17(9-10-4-3-5-11(14)8-10)13(19)15-12-6-7-18(2)16-12/h3-8H,9H2,1-2H3,(H,15,16,19). The number of nitrogens with zero attached hydrogens (tertiary/aromatic N) is 3. The maximum atomic E-state index is 11.9. The lowest BCUT2D eigenvalue weighted by Crippen LogP contribution is -2.31. The third-order valence-electron chi connectivity index (χ3n) is 2.60. The lowest BCUT2D eigenvalue weighted by molar-refractivity contribution is 0.220. The number of nitrogens with one attached hydrogen (secondary N) is 1. The van der Waals surface area contributed by atoms with Crippen LogP contribution in [0.3, 0.4) is 0 Å². The van der Waals surface area contributed by atoms with Gasteiger partial charge in [-0.25, -0.2) is 4.79 Å². The predicted octanol–water partition coefficient (Wildman–Crippen LogP) is 2.74. The topological polar surface area (TPSA) is 50.2 Å². The Balaban J connectivity index is 1.96. The van der Waals surface area contributed by atoms with Gasteiger partial charge in [-0.15, -0.1) is 0 Å². The monoisotopic (exact) mass is 278 g/mol. The number of rotatable bonds is 3. The summed E-state index contributed by atoms with van der Waals surface area (Å²) in [7, 11) is 3.52. The van der Waals surface area contributed by atoms with Gasteiger partial charge in [0.2, 0.25) is 0 Å². The third kappa shape index (κ3) is 3.72. The van der Waals surface area contributed by atoms with E-state index in [1.165, 1.54) is 0 Å². The molecule has 0 unspecified atom stereocenters. The number of hydrogen-bond donors (Lipinski definition) is 1. The summed E-state index contributed by atoms with van der Waals surface area (Å²) in [4.78, 5) is 13.5. The summed E-state index contributed by atoms with van der Waals surface area (Å²) in [5.74, 6) is 0.533. The highest BCUT2D eigenvalue weighted by Crippen LogP contribution is 2.12. The van der Waals surface area contributed by atoms with Crippen molar-refractivity contribution in [2.75, 3.05) is 12.4 Å². The number of halogens is 1. The fourth-order valence-electron chi connectivity index (χ4n) is 1.67. The molecule has 0 aliphatic heterocycles. The van der Waals surface area contributed by atoms with E-state index in [0.29, 0.717) is 17.4 Å². The molecule has 6 heteroatoms. The number of carbonyl (C=O) groups is 1. The van der Waals surface area contributed by atoms with Gasteiger partial charge in [-0.05, 0) is 17.7 Å². The van der Waals surface area contributed by atoms with Crippen LogP contribution in [0.1, 0.15) is 5.56 Å². The molecule has 2 amide bonds. The van der Waals surface area contributed by atoms with Gasteiger partial charge in [-0.1, -0.05) is 23.7 Å². The Labute approximate surface area is 116 Å². The molecule has 0 radical (unpaired) electrons. The van der Waals surface area contributed by atoms with Gasteiger partial charge in [-0.3, -0.25) is 10.00 Å². The summed E-state index contributed by atoms with van der Waals surface area (Å²) in [6, 6.07) is 8.97. The number of aromatic nitrogens is 2. The first-order chi connectivity index (χ1) is 9.04. The Morgan fingerprint density at radius 3 is 2.89 bits per heavy atom. The molecular formula is C13H15ClN4O. The predicted molar refractivity (Wildman–Crippen MR) is 75.1 cm³/mol. The van der Waals surface area contributed by atoms with Crippen molar-refractivity contribution >= 4 is 23.4 Å². The van der Waals surface area contributed by atoms with E-state index in [9.17, 15) is 4.79 Å². The molecule has 1 heterocycles. The zero-order valence-electron chi connectivity index (χ0n) is 10.8. The molecule has 1 aromatic carbocycles. The minimum absolute atomic E-state index is 0.210. The van der Waals surface area contributed by atoms with Crippen molar-refractivity contribution in [1.82, 2.24) is 14.7 Å². The Bertz CT molecular complexity index is 582. The number of hydrogen-bond acceptors (Lipinski definition) is 2. The molecule has 100 valence electrons. The molecular weight excluding hydrogens is 264 g/mol. The van der Waals surface area contributed by atoms with Gasteiger partial charge < -0.3 is 4.90 Å². The molecule has 0 aliphatic carbocycles. The highest BCUT2D eigenvalue weighted by Gasteiger charge is 2.10. The van der Waals surface area contributed by atoms with E-state index in [-0.39, 0.29) is 6.03 Å². The average molecular weight is 279 g/mol. The summed E-state index contributed by atoms with van der Waals surface area (Å²) in [5, 5.41) is 7.47. The first-order valence-electron chi connectivity index (χ1n) is 5.81. The second kappa shape index (κ2) is 5.75. The zero-order valence-corrected chi connectivity index (χ0v) is 11.6. The normalized spacial score (nSPS) is 10.3. The van der Waals surface area contributed by atoms with Crippen LogP contribution in [-0.2, 0) is 13.6 Å². The van der Waals surface area contributed by atoms with E-state index in [0.717, 1.165) is 5.56 Å². The van der Waals surface area contributed by atoms with Crippen LogP contribution in [0, 0.1) is 0 Å². The summed E-state index contributed by atoms with van der Waals surface area (Å²) in [6.45, 7) is 0.485. The Hall–Kier alpha value is -2.01. The number of anilines is 1. The van der Waals surface area contributed by atoms with Crippen LogP contribution in [0.15, 0.2) is 36.5 Å². The minimum Gasteiger partial charge on any atom is -0.323 e. The smallest absolute Gasteiger partial charge is 0.323 e. The molecule has 1 N–H and O–H groups in total. The molecule has 2 rings (SSSR count). The van der Waals surface area contributed by atoms with E-state index in [1.807, 2.05) is 18.2 Å². The minimum atomic E-state index is -0.210. The van der Waals surface area contributed by atoms with Crippen LogP contribution < -0.4 is 5.32 Å². The largest absolute Gasteiger partial charge is 0.323 e. The molecule has 0 bridgehead atoms. The van der Waals surface area contributed by atoms with E-state index >= 15 is 0 Å². The molecule has 0 spiro atoms. The van der Waals surface area contributed by atoms with Crippen LogP contribution >= 0.6 is 11.6 Å². The van der Waals surface area contributed by atoms with E-state index < -0.39 is 0 Å². The van der Waals surface area contributed by atoms with Gasteiger partial charge in [-0.2, -0.15) is 5.10 Å². The number of aryl methyl sites for hydroxylation is 1. The van der Waals surface area contributed by atoms with Crippen LogP contribution in [-0.4, -0.2) is 27.8 Å². The molecule has 0 saturated heterocycles. The molecule has 0 aliphatic rings. The van der Waals surface area contributed by atoms with E-state index in [4.69, 9.17) is 11.6 Å². The molecule has 0 atom stereocenters. The highest BCUT2D eigenvalue weighted by atomic mass is 35.5. The van der Waals surface area contributed by atoms with Crippen LogP contribution in [0.25, 0.3) is 0 Å². The summed E-state index contributed by atoms with van der Waals surface area (Å²) in [6.07, 6.45) is 1.77. The van der Waals surface area contributed by atoms with Crippen LogP contribution in [0.5, 0.6) is 0 Å². The van der Waals surface area contributed by atoms with E-state index in [2.05, 4.69) is 10.4 Å². The van der Waals surface area contributed by atoms with Crippen LogP contribution in [0.2, 0.25) is 5.02 Å². The van der Waals surface area contributed by atoms with Crippen molar-refractivity contribution in [3.8, 4) is 0 Å². The van der Waals surface area contributed by atoms with Gasteiger partial charge in [0.1, 0.15) is 0 Å². The lowest BCUT2D eigenvalue weighted by Gasteiger charge is -2.17. The number of benzene rings is 1. The Kier molecular flexibility index (Phi) is 4.06. The van der Waals surface area contributed by atoms with Crippen molar-refractivity contribution < 1.29 is 4.79 Å². The molecule has 0 fully saturated rings. The average Bonchev–Trinajstić information content (AvgIpc) is 2.74. The molecule has 1 aromatic heterocycles. The summed E-state index contributed by atoms with van der Waals surface area (Å²) in [5.41, 5.74) is 0.978. The molecule has 5 nitrogen and oxygen atoms in total. The van der Waals surface area contributed by atoms with Gasteiger partial charge in [0.25, 0.3) is 0 Å². The summed E-state index contributed by atoms with van der Waals surface area (Å²) >= 11 is 5.91. The van der Waals surface area contributed by atoms with Crippen molar-refractivity contribution in [3.63, 3.8) is 0 Å². The molecule has 19 heavy (non-hydrogen) atoms. The maximum absolute atomic E-state index is 11.9. The van der Waals surface area contributed by atoms with Crippen molar-refractivity contribution in [2.45, 2.75) is 6.54 Å².